The summed E-state index contributed by atoms with van der Waals surface area (Å²) >= 11 is 0. The van der Waals surface area contributed by atoms with Crippen LogP contribution >= 0.6 is 0 Å². The summed E-state index contributed by atoms with van der Waals surface area (Å²) < 4.78 is 0. The smallest absolute Gasteiger partial charge is 0.0556 e. The quantitative estimate of drug-likeness (QED) is 0.492. The predicted molar refractivity (Wildman–Crippen MR) is 42.8 cm³/mol. The molecule has 0 heterocycles. The van der Waals surface area contributed by atoms with Gasteiger partial charge in [-0.25, -0.2) is 0 Å². The maximum atomic E-state index is 8.49. The van der Waals surface area contributed by atoms with Crippen LogP contribution in [0.4, 0.5) is 0 Å². The van der Waals surface area contributed by atoms with Gasteiger partial charge in [0.25, 0.3) is 0 Å². The maximum absolute atomic E-state index is 8.49. The maximum Gasteiger partial charge on any atom is 0.0556 e. The van der Waals surface area contributed by atoms with Gasteiger partial charge in [-0.1, -0.05) is 13.8 Å². The zero-order valence-corrected chi connectivity index (χ0v) is 6.80. The summed E-state index contributed by atoms with van der Waals surface area (Å²) in [5.74, 6) is 0.538. The number of hydrogen-bond acceptors (Lipinski definition) is 3. The van der Waals surface area contributed by atoms with Crippen LogP contribution in [0.2, 0.25) is 0 Å². The Morgan fingerprint density at radius 1 is 1.50 bits per heavy atom. The van der Waals surface area contributed by atoms with Crippen molar-refractivity contribution < 1.29 is 5.11 Å². The first-order chi connectivity index (χ1) is 4.72. The Kier molecular flexibility index (Phi) is 5.58. The van der Waals surface area contributed by atoms with Crippen molar-refractivity contribution in [2.75, 3.05) is 19.7 Å². The Labute approximate surface area is 62.6 Å². The highest BCUT2D eigenvalue weighted by molar-refractivity contribution is 4.70. The lowest BCUT2D eigenvalue weighted by atomic mass is 10.1. The molecule has 4 N–H and O–H groups in total. The van der Waals surface area contributed by atoms with Gasteiger partial charge in [-0.05, 0) is 5.92 Å². The summed E-state index contributed by atoms with van der Waals surface area (Å²) in [6.07, 6.45) is 0. The Balaban J connectivity index is 3.40. The third kappa shape index (κ3) is 3.82. The minimum atomic E-state index is 0.184. The van der Waals surface area contributed by atoms with Crippen LogP contribution in [0.1, 0.15) is 13.8 Å². The Bertz CT molecular complexity index is 76.0. The Morgan fingerprint density at radius 2 is 2.10 bits per heavy atom. The minimum Gasteiger partial charge on any atom is -0.395 e. The molecule has 0 amide bonds. The van der Waals surface area contributed by atoms with E-state index in [9.17, 15) is 0 Å². The second kappa shape index (κ2) is 5.65. The molecule has 1 unspecified atom stereocenters. The van der Waals surface area contributed by atoms with E-state index < -0.39 is 0 Å². The molecule has 3 heteroatoms. The molecule has 0 radical (unpaired) electrons. The molecule has 0 spiro atoms. The van der Waals surface area contributed by atoms with Crippen molar-refractivity contribution in [1.82, 2.24) is 5.32 Å². The summed E-state index contributed by atoms with van der Waals surface area (Å²) in [6, 6.07) is 0.340. The number of nitrogens with one attached hydrogen (secondary N) is 1. The molecule has 0 rings (SSSR count). The summed E-state index contributed by atoms with van der Waals surface area (Å²) in [4.78, 5) is 0. The Hall–Kier alpha value is -0.120. The fourth-order valence-electron chi connectivity index (χ4n) is 0.841. The molecule has 0 aromatic rings. The van der Waals surface area contributed by atoms with Crippen molar-refractivity contribution in [3.05, 3.63) is 0 Å². The molecule has 0 aliphatic heterocycles. The SMILES string of the molecule is CC(C)C(CN)NCCO. The fraction of sp³-hybridized carbons (Fsp3) is 1.00. The van der Waals surface area contributed by atoms with Gasteiger partial charge in [-0.3, -0.25) is 0 Å². The third-order valence-corrected chi connectivity index (χ3v) is 1.58. The second-order valence-corrected chi connectivity index (χ2v) is 2.76. The molecule has 3 nitrogen and oxygen atoms in total. The van der Waals surface area contributed by atoms with E-state index in [1.165, 1.54) is 0 Å². The average Bonchev–Trinajstić information content (AvgIpc) is 1.89. The van der Waals surface area contributed by atoms with Gasteiger partial charge in [-0.15, -0.1) is 0 Å². The van der Waals surface area contributed by atoms with Gasteiger partial charge in [0.05, 0.1) is 6.61 Å². The van der Waals surface area contributed by atoms with E-state index in [1.54, 1.807) is 0 Å². The summed E-state index contributed by atoms with van der Waals surface area (Å²) in [5.41, 5.74) is 5.47. The molecule has 62 valence electrons. The van der Waals surface area contributed by atoms with Crippen LogP contribution in [0.15, 0.2) is 0 Å². The molecular formula is C7H18N2O. The van der Waals surface area contributed by atoms with Gasteiger partial charge in [0, 0.05) is 19.1 Å². The van der Waals surface area contributed by atoms with E-state index >= 15 is 0 Å². The van der Waals surface area contributed by atoms with Crippen molar-refractivity contribution in [3.8, 4) is 0 Å². The highest BCUT2D eigenvalue weighted by atomic mass is 16.3. The number of rotatable bonds is 5. The van der Waals surface area contributed by atoms with Crippen molar-refractivity contribution >= 4 is 0 Å². The normalized spacial score (nSPS) is 14.1. The Morgan fingerprint density at radius 3 is 2.40 bits per heavy atom. The zero-order chi connectivity index (χ0) is 7.98. The van der Waals surface area contributed by atoms with Crippen LogP contribution in [-0.4, -0.2) is 30.8 Å². The van der Waals surface area contributed by atoms with Gasteiger partial charge in [0.2, 0.25) is 0 Å². The topological polar surface area (TPSA) is 58.3 Å². The summed E-state index contributed by atoms with van der Waals surface area (Å²) in [5, 5.41) is 11.6. The van der Waals surface area contributed by atoms with E-state index in [0.29, 0.717) is 25.0 Å². The van der Waals surface area contributed by atoms with Crippen LogP contribution < -0.4 is 11.1 Å². The van der Waals surface area contributed by atoms with Crippen molar-refractivity contribution in [3.63, 3.8) is 0 Å². The standard InChI is InChI=1S/C7H18N2O/c1-6(2)7(5-8)9-3-4-10/h6-7,9-10H,3-5,8H2,1-2H3. The number of hydrogen-bond donors (Lipinski definition) is 3. The molecule has 0 saturated carbocycles. The highest BCUT2D eigenvalue weighted by Crippen LogP contribution is 1.97. The minimum absolute atomic E-state index is 0.184. The summed E-state index contributed by atoms with van der Waals surface area (Å²) in [6.45, 7) is 5.69. The first kappa shape index (κ1) is 9.88. The van der Waals surface area contributed by atoms with E-state index in [-0.39, 0.29) is 6.61 Å². The van der Waals surface area contributed by atoms with Crippen LogP contribution in [0.5, 0.6) is 0 Å². The lowest BCUT2D eigenvalue weighted by Crippen LogP contribution is -2.41. The molecule has 0 saturated heterocycles. The van der Waals surface area contributed by atoms with Crippen LogP contribution in [0, 0.1) is 5.92 Å². The van der Waals surface area contributed by atoms with Crippen molar-refractivity contribution in [2.45, 2.75) is 19.9 Å². The second-order valence-electron chi connectivity index (χ2n) is 2.76. The van der Waals surface area contributed by atoms with Gasteiger partial charge in [0.15, 0.2) is 0 Å². The summed E-state index contributed by atoms with van der Waals surface area (Å²) in [7, 11) is 0. The first-order valence-electron chi connectivity index (χ1n) is 3.76. The van der Waals surface area contributed by atoms with Crippen LogP contribution in [0.25, 0.3) is 0 Å². The van der Waals surface area contributed by atoms with E-state index in [1.807, 2.05) is 0 Å². The van der Waals surface area contributed by atoms with E-state index in [0.717, 1.165) is 0 Å². The van der Waals surface area contributed by atoms with Crippen LogP contribution in [-0.2, 0) is 0 Å². The molecule has 0 aromatic carbocycles. The van der Waals surface area contributed by atoms with Gasteiger partial charge >= 0.3 is 0 Å². The van der Waals surface area contributed by atoms with E-state index in [2.05, 4.69) is 19.2 Å². The lowest BCUT2D eigenvalue weighted by molar-refractivity contribution is 0.274. The number of nitrogens with two attached hydrogens (primary N) is 1. The van der Waals surface area contributed by atoms with Crippen molar-refractivity contribution in [1.29, 1.82) is 0 Å². The molecule has 1 atom stereocenters. The lowest BCUT2D eigenvalue weighted by Gasteiger charge is -2.19. The van der Waals surface area contributed by atoms with Gasteiger partial charge in [-0.2, -0.15) is 0 Å². The first-order valence-corrected chi connectivity index (χ1v) is 3.76. The molecule has 0 aliphatic carbocycles. The van der Waals surface area contributed by atoms with Gasteiger partial charge < -0.3 is 16.2 Å². The molecule has 0 bridgehead atoms. The largest absolute Gasteiger partial charge is 0.395 e. The average molecular weight is 146 g/mol. The van der Waals surface area contributed by atoms with E-state index in [4.69, 9.17) is 10.8 Å². The van der Waals surface area contributed by atoms with Crippen LogP contribution in [0.3, 0.4) is 0 Å². The fourth-order valence-corrected chi connectivity index (χ4v) is 0.841. The van der Waals surface area contributed by atoms with Gasteiger partial charge in [0.1, 0.15) is 0 Å². The molecule has 10 heavy (non-hydrogen) atoms. The molecule has 0 aromatic heterocycles. The molecular weight excluding hydrogens is 128 g/mol. The highest BCUT2D eigenvalue weighted by Gasteiger charge is 2.08. The third-order valence-electron chi connectivity index (χ3n) is 1.58. The monoisotopic (exact) mass is 146 g/mol. The molecule has 0 aliphatic rings. The number of aliphatic hydroxyl groups is 1. The molecule has 0 fully saturated rings. The van der Waals surface area contributed by atoms with Crippen molar-refractivity contribution in [2.24, 2.45) is 11.7 Å². The predicted octanol–water partition coefficient (Wildman–Crippen LogP) is -0.448. The zero-order valence-electron chi connectivity index (χ0n) is 6.80. The number of aliphatic hydroxyl groups excluding tert-OH is 1.